The number of hydrogen-bond acceptors (Lipinski definition) is 4. The van der Waals surface area contributed by atoms with E-state index in [2.05, 4.69) is 9.97 Å². The molecule has 1 aliphatic heterocycles. The summed E-state index contributed by atoms with van der Waals surface area (Å²) in [7, 11) is 0. The first-order valence-corrected chi connectivity index (χ1v) is 9.43. The summed E-state index contributed by atoms with van der Waals surface area (Å²) in [6.07, 6.45) is 1.04. The van der Waals surface area contributed by atoms with E-state index in [9.17, 15) is 9.59 Å². The van der Waals surface area contributed by atoms with Crippen molar-refractivity contribution in [3.05, 3.63) is 66.0 Å². The Morgan fingerprint density at radius 2 is 1.75 bits per heavy atom. The van der Waals surface area contributed by atoms with Crippen LogP contribution in [0.15, 0.2) is 54.6 Å². The van der Waals surface area contributed by atoms with Crippen LogP contribution in [0.2, 0.25) is 0 Å². The minimum absolute atomic E-state index is 0.102. The number of para-hydroxylation sites is 2. The van der Waals surface area contributed by atoms with Crippen LogP contribution in [0, 0.1) is 0 Å². The number of rotatable bonds is 5. The van der Waals surface area contributed by atoms with Gasteiger partial charge in [-0.1, -0.05) is 42.5 Å². The topological polar surface area (TPSA) is 78.5 Å². The van der Waals surface area contributed by atoms with Gasteiger partial charge in [0.15, 0.2) is 0 Å². The van der Waals surface area contributed by atoms with Crippen molar-refractivity contribution < 1.29 is 14.3 Å². The van der Waals surface area contributed by atoms with Crippen LogP contribution < -0.4 is 0 Å². The Bertz CT molecular complexity index is 937. The molecule has 1 saturated heterocycles. The third-order valence-electron chi connectivity index (χ3n) is 4.75. The van der Waals surface area contributed by atoms with E-state index in [0.717, 1.165) is 28.8 Å². The lowest BCUT2D eigenvalue weighted by Gasteiger charge is -2.27. The maximum atomic E-state index is 12.7. The second-order valence-corrected chi connectivity index (χ2v) is 6.73. The van der Waals surface area contributed by atoms with Gasteiger partial charge < -0.3 is 9.72 Å². The summed E-state index contributed by atoms with van der Waals surface area (Å²) in [6.45, 7) is 1.21. The Morgan fingerprint density at radius 3 is 2.57 bits per heavy atom. The Kier molecular flexibility index (Phi) is 5.23. The third-order valence-corrected chi connectivity index (χ3v) is 4.75. The van der Waals surface area contributed by atoms with E-state index in [1.165, 1.54) is 10.0 Å². The van der Waals surface area contributed by atoms with E-state index >= 15 is 0 Å². The van der Waals surface area contributed by atoms with Crippen LogP contribution in [0.5, 0.6) is 0 Å². The van der Waals surface area contributed by atoms with Crippen LogP contribution in [0.3, 0.4) is 0 Å². The molecule has 144 valence electrons. The molecule has 0 bridgehead atoms. The van der Waals surface area contributed by atoms with Gasteiger partial charge in [-0.2, -0.15) is 0 Å². The number of H-pyrrole nitrogens is 1. The highest BCUT2D eigenvalue weighted by Gasteiger charge is 2.31. The van der Waals surface area contributed by atoms with Crippen LogP contribution in [0.4, 0.5) is 4.79 Å². The predicted molar refractivity (Wildman–Crippen MR) is 104 cm³/mol. The molecule has 0 saturated carbocycles. The molecule has 28 heavy (non-hydrogen) atoms. The van der Waals surface area contributed by atoms with Crippen molar-refractivity contribution in [2.45, 2.75) is 25.9 Å². The minimum Gasteiger partial charge on any atom is -0.443 e. The SMILES string of the molecule is O=C(CCc1nc2ccccc2[nH]1)N1CCCN1C(=O)OCc1ccccc1. The Balaban J connectivity index is 1.33. The van der Waals surface area contributed by atoms with Gasteiger partial charge in [-0.15, -0.1) is 0 Å². The zero-order valence-corrected chi connectivity index (χ0v) is 15.5. The van der Waals surface area contributed by atoms with E-state index in [1.54, 1.807) is 0 Å². The molecule has 1 fully saturated rings. The van der Waals surface area contributed by atoms with Gasteiger partial charge in [-0.25, -0.2) is 19.8 Å². The number of carbonyl (C=O) groups is 2. The Morgan fingerprint density at radius 1 is 1.00 bits per heavy atom. The molecule has 0 spiro atoms. The molecule has 0 aliphatic carbocycles. The number of aromatic nitrogens is 2. The van der Waals surface area contributed by atoms with Crippen LogP contribution in [0.25, 0.3) is 11.0 Å². The van der Waals surface area contributed by atoms with E-state index in [0.29, 0.717) is 19.5 Å². The van der Waals surface area contributed by atoms with E-state index in [4.69, 9.17) is 4.74 Å². The smallest absolute Gasteiger partial charge is 0.429 e. The molecular weight excluding hydrogens is 356 g/mol. The quantitative estimate of drug-likeness (QED) is 0.739. The van der Waals surface area contributed by atoms with Crippen molar-refractivity contribution in [3.63, 3.8) is 0 Å². The van der Waals surface area contributed by atoms with Crippen LogP contribution in [0.1, 0.15) is 24.2 Å². The number of imidazole rings is 1. The molecule has 1 aromatic heterocycles. The third kappa shape index (κ3) is 3.98. The number of benzene rings is 2. The molecule has 2 aromatic carbocycles. The molecule has 7 heteroatoms. The summed E-state index contributed by atoms with van der Waals surface area (Å²) < 4.78 is 5.37. The summed E-state index contributed by atoms with van der Waals surface area (Å²) in [4.78, 5) is 32.8. The molecule has 1 N–H and O–H groups in total. The lowest BCUT2D eigenvalue weighted by molar-refractivity contribution is -0.141. The molecule has 2 amide bonds. The van der Waals surface area contributed by atoms with Gasteiger partial charge in [0.05, 0.1) is 11.0 Å². The summed E-state index contributed by atoms with van der Waals surface area (Å²) in [5.41, 5.74) is 2.76. The van der Waals surface area contributed by atoms with Crippen molar-refractivity contribution >= 4 is 23.0 Å². The lowest BCUT2D eigenvalue weighted by atomic mass is 10.2. The van der Waals surface area contributed by atoms with Crippen molar-refractivity contribution in [2.24, 2.45) is 0 Å². The summed E-state index contributed by atoms with van der Waals surface area (Å²) in [5, 5.41) is 2.90. The maximum absolute atomic E-state index is 12.7. The van der Waals surface area contributed by atoms with Gasteiger partial charge in [0.1, 0.15) is 12.4 Å². The minimum atomic E-state index is -0.488. The van der Waals surface area contributed by atoms with Gasteiger partial charge in [0.25, 0.3) is 0 Å². The number of carbonyl (C=O) groups excluding carboxylic acids is 2. The van der Waals surface area contributed by atoms with Crippen LogP contribution in [-0.4, -0.2) is 45.1 Å². The van der Waals surface area contributed by atoms with Gasteiger partial charge in [0, 0.05) is 25.9 Å². The normalized spacial score (nSPS) is 13.9. The molecule has 4 rings (SSSR count). The fraction of sp³-hybridized carbons (Fsp3) is 0.286. The number of nitrogens with one attached hydrogen (secondary N) is 1. The highest BCUT2D eigenvalue weighted by atomic mass is 16.6. The largest absolute Gasteiger partial charge is 0.443 e. The van der Waals surface area contributed by atoms with Crippen molar-refractivity contribution in [1.29, 1.82) is 0 Å². The zero-order chi connectivity index (χ0) is 19.3. The maximum Gasteiger partial charge on any atom is 0.429 e. The molecule has 1 aliphatic rings. The molecule has 7 nitrogen and oxygen atoms in total. The summed E-state index contributed by atoms with van der Waals surface area (Å²) >= 11 is 0. The van der Waals surface area contributed by atoms with Crippen molar-refractivity contribution in [3.8, 4) is 0 Å². The predicted octanol–water partition coefficient (Wildman–Crippen LogP) is 3.28. The van der Waals surface area contributed by atoms with Gasteiger partial charge in [-0.3, -0.25) is 4.79 Å². The number of hydrogen-bond donors (Lipinski definition) is 1. The Labute approximate surface area is 162 Å². The number of ether oxygens (including phenoxy) is 1. The molecular formula is C21H22N4O3. The first kappa shape index (κ1) is 18.0. The lowest BCUT2D eigenvalue weighted by Crippen LogP contribution is -2.45. The molecule has 3 aromatic rings. The highest BCUT2D eigenvalue weighted by molar-refractivity contribution is 5.80. The van der Waals surface area contributed by atoms with Crippen LogP contribution in [-0.2, 0) is 22.6 Å². The summed E-state index contributed by atoms with van der Waals surface area (Å²) in [6, 6.07) is 17.3. The number of hydrazine groups is 1. The van der Waals surface area contributed by atoms with E-state index in [-0.39, 0.29) is 18.9 Å². The average molecular weight is 378 g/mol. The highest BCUT2D eigenvalue weighted by Crippen LogP contribution is 2.16. The molecule has 0 unspecified atom stereocenters. The fourth-order valence-corrected chi connectivity index (χ4v) is 3.33. The number of nitrogens with zero attached hydrogens (tertiary/aromatic N) is 3. The first-order valence-electron chi connectivity index (χ1n) is 9.43. The van der Waals surface area contributed by atoms with Gasteiger partial charge >= 0.3 is 6.09 Å². The molecule has 0 atom stereocenters. The monoisotopic (exact) mass is 378 g/mol. The number of amides is 2. The summed E-state index contributed by atoms with van der Waals surface area (Å²) in [5.74, 6) is 0.668. The second-order valence-electron chi connectivity index (χ2n) is 6.73. The first-order chi connectivity index (χ1) is 13.7. The number of aromatic amines is 1. The number of fused-ring (bicyclic) bond motifs is 1. The zero-order valence-electron chi connectivity index (χ0n) is 15.5. The van der Waals surface area contributed by atoms with Gasteiger partial charge in [0.2, 0.25) is 5.91 Å². The Hall–Kier alpha value is -3.35. The second kappa shape index (κ2) is 8.12. The number of aryl methyl sites for hydroxylation is 1. The van der Waals surface area contributed by atoms with Gasteiger partial charge in [-0.05, 0) is 24.1 Å². The van der Waals surface area contributed by atoms with E-state index in [1.807, 2.05) is 54.6 Å². The van der Waals surface area contributed by atoms with Crippen molar-refractivity contribution in [2.75, 3.05) is 13.1 Å². The van der Waals surface area contributed by atoms with Crippen molar-refractivity contribution in [1.82, 2.24) is 20.0 Å². The average Bonchev–Trinajstić information content (AvgIpc) is 3.38. The fourth-order valence-electron chi connectivity index (χ4n) is 3.33. The standard InChI is InChI=1S/C21H22N4O3/c26-20(12-11-19-22-17-9-4-5-10-18(17)23-19)24-13-6-14-25(24)21(27)28-15-16-7-2-1-3-8-16/h1-5,7-10H,6,11-15H2,(H,22,23). The molecule has 2 heterocycles. The van der Waals surface area contributed by atoms with Crippen LogP contribution >= 0.6 is 0 Å². The molecule has 0 radical (unpaired) electrons. The van der Waals surface area contributed by atoms with E-state index < -0.39 is 6.09 Å².